The summed E-state index contributed by atoms with van der Waals surface area (Å²) in [6.07, 6.45) is -5.39. The van der Waals surface area contributed by atoms with Crippen LogP contribution >= 0.6 is 11.6 Å². The van der Waals surface area contributed by atoms with Crippen LogP contribution in [0.15, 0.2) is 67.1 Å². The number of pyridine rings is 1. The summed E-state index contributed by atoms with van der Waals surface area (Å²) < 4.78 is 80.2. The van der Waals surface area contributed by atoms with E-state index in [4.69, 9.17) is 11.6 Å². The number of piperidine rings is 1. The van der Waals surface area contributed by atoms with Crippen molar-refractivity contribution in [3.8, 4) is 0 Å². The molecule has 0 radical (unpaired) electrons. The lowest BCUT2D eigenvalue weighted by molar-refractivity contribution is -0.138. The van der Waals surface area contributed by atoms with Crippen LogP contribution in [0.1, 0.15) is 49.9 Å². The number of alkyl halides is 6. The predicted molar refractivity (Wildman–Crippen MR) is 140 cm³/mol. The van der Waals surface area contributed by atoms with Crippen LogP contribution in [0.4, 0.5) is 26.3 Å². The first-order chi connectivity index (χ1) is 19.8. The molecule has 2 aromatic heterocycles. The van der Waals surface area contributed by atoms with Crippen molar-refractivity contribution in [1.82, 2.24) is 25.2 Å². The van der Waals surface area contributed by atoms with Crippen molar-refractivity contribution in [3.05, 3.63) is 100 Å². The molecular weight excluding hydrogens is 588 g/mol. The summed E-state index contributed by atoms with van der Waals surface area (Å²) in [5, 5.41) is 2.77. The number of aromatic nitrogens is 3. The molecule has 42 heavy (non-hydrogen) atoms. The molecule has 1 aliphatic heterocycles. The van der Waals surface area contributed by atoms with Gasteiger partial charge in [-0.1, -0.05) is 23.7 Å². The van der Waals surface area contributed by atoms with Gasteiger partial charge in [0.25, 0.3) is 11.8 Å². The zero-order valence-corrected chi connectivity index (χ0v) is 22.1. The first-order valence-corrected chi connectivity index (χ1v) is 12.9. The number of hydrogen-bond acceptors (Lipinski definition) is 5. The molecule has 14 heteroatoms. The molecule has 3 heterocycles. The molecule has 0 saturated carbocycles. The number of halogens is 7. The predicted octanol–water partition coefficient (Wildman–Crippen LogP) is 6.14. The number of benzene rings is 2. The molecule has 7 nitrogen and oxygen atoms in total. The molecule has 0 bridgehead atoms. The summed E-state index contributed by atoms with van der Waals surface area (Å²) in [7, 11) is 0. The van der Waals surface area contributed by atoms with Gasteiger partial charge in [-0.3, -0.25) is 24.5 Å². The Labute approximate surface area is 239 Å². The number of carbonyl (C=O) groups is 2. The Morgan fingerprint density at radius 1 is 0.905 bits per heavy atom. The third kappa shape index (κ3) is 6.01. The normalized spacial score (nSPS) is 17.7. The average Bonchev–Trinajstić information content (AvgIpc) is 2.96. The Balaban J connectivity index is 1.45. The zero-order valence-electron chi connectivity index (χ0n) is 21.4. The molecule has 0 spiro atoms. The number of nitrogens with one attached hydrogen (secondary N) is 1. The molecule has 1 fully saturated rings. The van der Waals surface area contributed by atoms with Crippen molar-refractivity contribution in [1.29, 1.82) is 0 Å². The standard InChI is InChI=1S/C28H20ClF6N5O2/c29-20-12-16(13-22-24(20)38-10-9-36-22)26(42)40-11-7-21(18(14-40)15-3-5-17(6-4-15)27(30,31)32)39-25(41)23-19(28(33,34)35)2-1-8-37-23/h1-6,8-10,12-13,18,21H,7,11,14H2,(H,39,41)/t18-,21+/m1/s1. The average molecular weight is 608 g/mol. The molecule has 0 unspecified atom stereocenters. The van der Waals surface area contributed by atoms with Crippen molar-refractivity contribution >= 4 is 34.4 Å². The second-order valence-electron chi connectivity index (χ2n) is 9.63. The topological polar surface area (TPSA) is 88.1 Å². The summed E-state index contributed by atoms with van der Waals surface area (Å²) in [6.45, 7) is 0.0327. The van der Waals surface area contributed by atoms with Gasteiger partial charge in [-0.05, 0) is 48.4 Å². The van der Waals surface area contributed by atoms with Crippen LogP contribution in [0.3, 0.4) is 0 Å². The number of rotatable bonds is 4. The highest BCUT2D eigenvalue weighted by molar-refractivity contribution is 6.35. The molecule has 0 aliphatic carbocycles. The number of likely N-dealkylation sites (tertiary alicyclic amines) is 1. The van der Waals surface area contributed by atoms with E-state index in [9.17, 15) is 35.9 Å². The van der Waals surface area contributed by atoms with Gasteiger partial charge in [0.15, 0.2) is 0 Å². The Morgan fingerprint density at radius 2 is 1.62 bits per heavy atom. The van der Waals surface area contributed by atoms with Crippen molar-refractivity contribution < 1.29 is 35.9 Å². The highest BCUT2D eigenvalue weighted by atomic mass is 35.5. The molecule has 1 saturated heterocycles. The van der Waals surface area contributed by atoms with Gasteiger partial charge in [-0.15, -0.1) is 0 Å². The molecule has 2 amide bonds. The number of amides is 2. The first-order valence-electron chi connectivity index (χ1n) is 12.5. The van der Waals surface area contributed by atoms with Crippen molar-refractivity contribution in [2.45, 2.75) is 30.7 Å². The van der Waals surface area contributed by atoms with E-state index in [-0.39, 0.29) is 30.1 Å². The van der Waals surface area contributed by atoms with Crippen LogP contribution in [0.2, 0.25) is 5.02 Å². The van der Waals surface area contributed by atoms with E-state index in [1.165, 1.54) is 41.6 Å². The third-order valence-electron chi connectivity index (χ3n) is 6.99. The van der Waals surface area contributed by atoms with Crippen LogP contribution in [-0.4, -0.2) is 50.8 Å². The van der Waals surface area contributed by atoms with Crippen LogP contribution < -0.4 is 5.32 Å². The minimum atomic E-state index is -4.84. The largest absolute Gasteiger partial charge is 0.418 e. The number of nitrogens with zero attached hydrogens (tertiary/aromatic N) is 4. The third-order valence-corrected chi connectivity index (χ3v) is 7.27. The Morgan fingerprint density at radius 3 is 2.31 bits per heavy atom. The van der Waals surface area contributed by atoms with Gasteiger partial charge in [0.2, 0.25) is 0 Å². The van der Waals surface area contributed by atoms with E-state index in [2.05, 4.69) is 20.3 Å². The number of fused-ring (bicyclic) bond motifs is 1. The van der Waals surface area contributed by atoms with E-state index in [1.807, 2.05) is 0 Å². The van der Waals surface area contributed by atoms with Crippen molar-refractivity contribution in [2.24, 2.45) is 0 Å². The Kier molecular flexibility index (Phi) is 7.80. The molecule has 5 rings (SSSR count). The summed E-state index contributed by atoms with van der Waals surface area (Å²) in [5.41, 5.74) is -1.63. The lowest BCUT2D eigenvalue weighted by Crippen LogP contribution is -2.51. The number of carbonyl (C=O) groups excluding carboxylic acids is 2. The van der Waals surface area contributed by atoms with Crippen LogP contribution in [0, 0.1) is 0 Å². The van der Waals surface area contributed by atoms with Gasteiger partial charge in [-0.2, -0.15) is 26.3 Å². The maximum absolute atomic E-state index is 13.5. The number of hydrogen-bond donors (Lipinski definition) is 1. The second kappa shape index (κ2) is 11.2. The lowest BCUT2D eigenvalue weighted by atomic mass is 9.85. The van der Waals surface area contributed by atoms with Crippen molar-refractivity contribution in [3.63, 3.8) is 0 Å². The highest BCUT2D eigenvalue weighted by Crippen LogP contribution is 2.35. The lowest BCUT2D eigenvalue weighted by Gasteiger charge is -2.39. The van der Waals surface area contributed by atoms with Crippen LogP contribution in [0.5, 0.6) is 0 Å². The van der Waals surface area contributed by atoms with Crippen LogP contribution in [0.25, 0.3) is 11.0 Å². The molecular formula is C28H20ClF6N5O2. The minimum Gasteiger partial charge on any atom is -0.347 e. The molecule has 4 aromatic rings. The van der Waals surface area contributed by atoms with E-state index >= 15 is 0 Å². The Hall–Kier alpha value is -4.26. The summed E-state index contributed by atoms with van der Waals surface area (Å²) in [4.78, 5) is 39.9. The van der Waals surface area contributed by atoms with E-state index in [1.54, 1.807) is 0 Å². The maximum atomic E-state index is 13.5. The minimum absolute atomic E-state index is 0.0559. The summed E-state index contributed by atoms with van der Waals surface area (Å²) in [5.74, 6) is -2.30. The monoisotopic (exact) mass is 607 g/mol. The fraction of sp³-hybridized carbons (Fsp3) is 0.250. The molecule has 2 atom stereocenters. The van der Waals surface area contributed by atoms with Crippen LogP contribution in [-0.2, 0) is 12.4 Å². The molecule has 1 aliphatic rings. The SMILES string of the molecule is O=C(N[C@H]1CCN(C(=O)c2cc(Cl)c3nccnc3c2)C[C@@H]1c1ccc(C(F)(F)F)cc1)c1ncccc1C(F)(F)F. The quantitative estimate of drug-likeness (QED) is 0.282. The summed E-state index contributed by atoms with van der Waals surface area (Å²) in [6, 6.07) is 8.10. The van der Waals surface area contributed by atoms with Gasteiger partial charge in [0, 0.05) is 49.2 Å². The van der Waals surface area contributed by atoms with Gasteiger partial charge < -0.3 is 10.2 Å². The van der Waals surface area contributed by atoms with E-state index in [0.717, 1.165) is 30.5 Å². The maximum Gasteiger partial charge on any atom is 0.418 e. The second-order valence-corrected chi connectivity index (χ2v) is 10.0. The van der Waals surface area contributed by atoms with Gasteiger partial charge in [-0.25, -0.2) is 0 Å². The fourth-order valence-corrected chi connectivity index (χ4v) is 5.22. The van der Waals surface area contributed by atoms with E-state index < -0.39 is 52.9 Å². The first kappa shape index (κ1) is 29.2. The smallest absolute Gasteiger partial charge is 0.347 e. The fourth-order valence-electron chi connectivity index (χ4n) is 4.96. The van der Waals surface area contributed by atoms with E-state index in [0.29, 0.717) is 16.6 Å². The highest BCUT2D eigenvalue weighted by Gasteiger charge is 2.39. The molecule has 218 valence electrons. The molecule has 1 N–H and O–H groups in total. The summed E-state index contributed by atoms with van der Waals surface area (Å²) >= 11 is 6.31. The molecule has 2 aromatic carbocycles. The Bertz CT molecular complexity index is 1640. The van der Waals surface area contributed by atoms with Gasteiger partial charge in [0.1, 0.15) is 11.2 Å². The van der Waals surface area contributed by atoms with Crippen molar-refractivity contribution in [2.75, 3.05) is 13.1 Å². The zero-order chi connectivity index (χ0) is 30.2. The van der Waals surface area contributed by atoms with Gasteiger partial charge in [0.05, 0.1) is 21.7 Å². The van der Waals surface area contributed by atoms with Gasteiger partial charge >= 0.3 is 12.4 Å².